The summed E-state index contributed by atoms with van der Waals surface area (Å²) in [6, 6.07) is 10.4. The van der Waals surface area contributed by atoms with Gasteiger partial charge in [-0.3, -0.25) is 0 Å². The molecule has 0 aromatic heterocycles. The summed E-state index contributed by atoms with van der Waals surface area (Å²) in [6.07, 6.45) is 3.96. The van der Waals surface area contributed by atoms with Gasteiger partial charge in [-0.15, -0.1) is 0 Å². The number of rotatable bonds is 4. The number of benzene rings is 1. The zero-order valence-electron chi connectivity index (χ0n) is 8.03. The largest absolute Gasteiger partial charge is 0.392 e. The minimum Gasteiger partial charge on any atom is -0.392 e. The van der Waals surface area contributed by atoms with Crippen LogP contribution in [0.3, 0.4) is 0 Å². The van der Waals surface area contributed by atoms with Crippen LogP contribution in [-0.2, 0) is 6.42 Å². The lowest BCUT2D eigenvalue weighted by Gasteiger charge is -2.00. The third kappa shape index (κ3) is 3.90. The molecule has 1 heteroatoms. The van der Waals surface area contributed by atoms with Gasteiger partial charge >= 0.3 is 0 Å². The van der Waals surface area contributed by atoms with Crippen molar-refractivity contribution in [2.45, 2.75) is 19.8 Å². The summed E-state index contributed by atoms with van der Waals surface area (Å²) in [5.41, 5.74) is 2.61. The van der Waals surface area contributed by atoms with E-state index in [1.807, 2.05) is 12.1 Å². The van der Waals surface area contributed by atoms with Crippen molar-refractivity contribution in [1.29, 1.82) is 0 Å². The maximum Gasteiger partial charge on any atom is 0.0614 e. The average molecular weight is 176 g/mol. The molecule has 0 amide bonds. The molecule has 0 bridgehead atoms. The Morgan fingerprint density at radius 1 is 1.31 bits per heavy atom. The lowest BCUT2D eigenvalue weighted by atomic mass is 10.1. The number of aryl methyl sites for hydroxylation is 1. The summed E-state index contributed by atoms with van der Waals surface area (Å²) < 4.78 is 0. The molecule has 0 saturated heterocycles. The fourth-order valence-electron chi connectivity index (χ4n) is 1.24. The summed E-state index contributed by atoms with van der Waals surface area (Å²) in [4.78, 5) is 0. The van der Waals surface area contributed by atoms with E-state index < -0.39 is 0 Å². The Balaban J connectivity index is 2.39. The van der Waals surface area contributed by atoms with Gasteiger partial charge in [-0.25, -0.2) is 0 Å². The Labute approximate surface area is 79.7 Å². The van der Waals surface area contributed by atoms with E-state index in [2.05, 4.69) is 31.2 Å². The van der Waals surface area contributed by atoms with E-state index in [-0.39, 0.29) is 6.61 Å². The SMILES string of the molecule is C/C(=C\CO)CCc1ccccc1. The van der Waals surface area contributed by atoms with Crippen LogP contribution in [0.25, 0.3) is 0 Å². The predicted molar refractivity (Wildman–Crippen MR) is 55.6 cm³/mol. The molecule has 1 aromatic carbocycles. The molecular formula is C12H16O. The van der Waals surface area contributed by atoms with Gasteiger partial charge in [0, 0.05) is 0 Å². The maximum atomic E-state index is 8.66. The van der Waals surface area contributed by atoms with Crippen LogP contribution in [0.1, 0.15) is 18.9 Å². The Hall–Kier alpha value is -1.08. The average Bonchev–Trinajstić information content (AvgIpc) is 2.17. The van der Waals surface area contributed by atoms with Crippen molar-refractivity contribution < 1.29 is 5.11 Å². The van der Waals surface area contributed by atoms with Gasteiger partial charge in [0.05, 0.1) is 6.61 Å². The normalized spacial score (nSPS) is 11.7. The molecule has 0 aliphatic carbocycles. The number of aliphatic hydroxyl groups is 1. The third-order valence-electron chi connectivity index (χ3n) is 2.09. The molecule has 0 spiro atoms. The van der Waals surface area contributed by atoms with Gasteiger partial charge in [0.15, 0.2) is 0 Å². The highest BCUT2D eigenvalue weighted by molar-refractivity contribution is 5.16. The molecule has 0 atom stereocenters. The van der Waals surface area contributed by atoms with Gasteiger partial charge in [0.25, 0.3) is 0 Å². The van der Waals surface area contributed by atoms with E-state index in [1.54, 1.807) is 0 Å². The van der Waals surface area contributed by atoms with Crippen molar-refractivity contribution in [3.63, 3.8) is 0 Å². The fourth-order valence-corrected chi connectivity index (χ4v) is 1.24. The Bertz CT molecular complexity index is 262. The first-order valence-corrected chi connectivity index (χ1v) is 4.63. The highest BCUT2D eigenvalue weighted by Crippen LogP contribution is 2.07. The molecule has 1 rings (SSSR count). The van der Waals surface area contributed by atoms with Crippen molar-refractivity contribution in [3.8, 4) is 0 Å². The number of aliphatic hydroxyl groups excluding tert-OH is 1. The molecule has 0 fully saturated rings. The molecule has 0 heterocycles. The molecular weight excluding hydrogens is 160 g/mol. The number of hydrogen-bond donors (Lipinski definition) is 1. The van der Waals surface area contributed by atoms with Crippen molar-refractivity contribution in [3.05, 3.63) is 47.5 Å². The summed E-state index contributed by atoms with van der Waals surface area (Å²) in [7, 11) is 0. The Morgan fingerprint density at radius 2 is 2.00 bits per heavy atom. The van der Waals surface area contributed by atoms with Crippen LogP contribution in [-0.4, -0.2) is 11.7 Å². The number of allylic oxidation sites excluding steroid dienone is 1. The van der Waals surface area contributed by atoms with Crippen LogP contribution < -0.4 is 0 Å². The van der Waals surface area contributed by atoms with E-state index >= 15 is 0 Å². The second-order valence-electron chi connectivity index (χ2n) is 3.22. The monoisotopic (exact) mass is 176 g/mol. The fraction of sp³-hybridized carbons (Fsp3) is 0.333. The van der Waals surface area contributed by atoms with Gasteiger partial charge in [-0.05, 0) is 25.3 Å². The highest BCUT2D eigenvalue weighted by atomic mass is 16.2. The second kappa shape index (κ2) is 5.55. The number of hydrogen-bond acceptors (Lipinski definition) is 1. The van der Waals surface area contributed by atoms with Crippen LogP contribution in [0.15, 0.2) is 42.0 Å². The van der Waals surface area contributed by atoms with Crippen molar-refractivity contribution >= 4 is 0 Å². The molecule has 1 N–H and O–H groups in total. The van der Waals surface area contributed by atoms with E-state index in [1.165, 1.54) is 11.1 Å². The van der Waals surface area contributed by atoms with E-state index in [4.69, 9.17) is 5.11 Å². The van der Waals surface area contributed by atoms with Crippen LogP contribution in [0.5, 0.6) is 0 Å². The van der Waals surface area contributed by atoms with Gasteiger partial charge < -0.3 is 5.11 Å². The van der Waals surface area contributed by atoms with Crippen LogP contribution >= 0.6 is 0 Å². The van der Waals surface area contributed by atoms with Gasteiger partial charge in [0.1, 0.15) is 0 Å². The quantitative estimate of drug-likeness (QED) is 0.699. The molecule has 1 nitrogen and oxygen atoms in total. The third-order valence-corrected chi connectivity index (χ3v) is 2.09. The standard InChI is InChI=1S/C12H16O/c1-11(9-10-13)7-8-12-5-3-2-4-6-12/h2-6,9,13H,7-8,10H2,1H3/b11-9+. The summed E-state index contributed by atoms with van der Waals surface area (Å²) in [5, 5.41) is 8.66. The first-order valence-electron chi connectivity index (χ1n) is 4.63. The smallest absolute Gasteiger partial charge is 0.0614 e. The minimum atomic E-state index is 0.153. The van der Waals surface area contributed by atoms with Gasteiger partial charge in [-0.2, -0.15) is 0 Å². The lowest BCUT2D eigenvalue weighted by Crippen LogP contribution is -1.87. The van der Waals surface area contributed by atoms with Crippen molar-refractivity contribution in [2.75, 3.05) is 6.61 Å². The van der Waals surface area contributed by atoms with E-state index in [0.29, 0.717) is 0 Å². The molecule has 0 unspecified atom stereocenters. The molecule has 0 radical (unpaired) electrons. The first kappa shape index (κ1) is 10.0. The van der Waals surface area contributed by atoms with Gasteiger partial charge in [0.2, 0.25) is 0 Å². The lowest BCUT2D eigenvalue weighted by molar-refractivity contribution is 0.341. The molecule has 13 heavy (non-hydrogen) atoms. The molecule has 0 aliphatic rings. The second-order valence-corrected chi connectivity index (χ2v) is 3.22. The van der Waals surface area contributed by atoms with Crippen molar-refractivity contribution in [1.82, 2.24) is 0 Å². The first-order chi connectivity index (χ1) is 6.33. The van der Waals surface area contributed by atoms with Crippen molar-refractivity contribution in [2.24, 2.45) is 0 Å². The Morgan fingerprint density at radius 3 is 2.62 bits per heavy atom. The molecule has 0 aliphatic heterocycles. The molecule has 0 saturated carbocycles. The maximum absolute atomic E-state index is 8.66. The van der Waals surface area contributed by atoms with E-state index in [9.17, 15) is 0 Å². The molecule has 1 aromatic rings. The minimum absolute atomic E-state index is 0.153. The summed E-state index contributed by atoms with van der Waals surface area (Å²) in [5.74, 6) is 0. The van der Waals surface area contributed by atoms with Crippen LogP contribution in [0.2, 0.25) is 0 Å². The topological polar surface area (TPSA) is 20.2 Å². The zero-order valence-corrected chi connectivity index (χ0v) is 8.03. The molecule has 70 valence electrons. The summed E-state index contributed by atoms with van der Waals surface area (Å²) in [6.45, 7) is 2.21. The zero-order chi connectivity index (χ0) is 9.52. The highest BCUT2D eigenvalue weighted by Gasteiger charge is 1.92. The summed E-state index contributed by atoms with van der Waals surface area (Å²) >= 11 is 0. The van der Waals surface area contributed by atoms with Gasteiger partial charge in [-0.1, -0.05) is 42.0 Å². The van der Waals surface area contributed by atoms with Crippen LogP contribution in [0, 0.1) is 0 Å². The predicted octanol–water partition coefficient (Wildman–Crippen LogP) is 2.56. The Kier molecular flexibility index (Phi) is 4.27. The van der Waals surface area contributed by atoms with E-state index in [0.717, 1.165) is 12.8 Å². The van der Waals surface area contributed by atoms with Crippen LogP contribution in [0.4, 0.5) is 0 Å².